The summed E-state index contributed by atoms with van der Waals surface area (Å²) in [4.78, 5) is 27.9. The summed E-state index contributed by atoms with van der Waals surface area (Å²) in [6.45, 7) is 0.352. The van der Waals surface area contributed by atoms with E-state index in [9.17, 15) is 23.3 Å². The minimum atomic E-state index is -3.98. The van der Waals surface area contributed by atoms with Crippen LogP contribution in [0.5, 0.6) is 0 Å². The predicted octanol–water partition coefficient (Wildman–Crippen LogP) is 2.39. The molecule has 0 aliphatic carbocycles. The Morgan fingerprint density at radius 1 is 1.14 bits per heavy atom. The normalized spacial score (nSPS) is 17.6. The van der Waals surface area contributed by atoms with Gasteiger partial charge < -0.3 is 0 Å². The van der Waals surface area contributed by atoms with Crippen LogP contribution in [0.1, 0.15) is 24.8 Å². The summed E-state index contributed by atoms with van der Waals surface area (Å²) in [6, 6.07) is 13.0. The molecule has 9 nitrogen and oxygen atoms in total. The highest BCUT2D eigenvalue weighted by Gasteiger charge is 2.38. The van der Waals surface area contributed by atoms with Crippen molar-refractivity contribution in [3.8, 4) is 0 Å². The Kier molecular flexibility index (Phi) is 6.57. The number of nitro benzene ring substituents is 1. The number of benzene rings is 2. The van der Waals surface area contributed by atoms with Crippen LogP contribution in [-0.4, -0.2) is 36.1 Å². The van der Waals surface area contributed by atoms with Crippen molar-refractivity contribution in [2.45, 2.75) is 36.8 Å². The molecule has 2 aromatic carbocycles. The molecule has 29 heavy (non-hydrogen) atoms. The standard InChI is InChI=1S/C19H21N3O6S/c23-19(20-28-14-15-6-2-1-3-7-15)18-8-4-5-13-21(18)29(26,27)17-11-9-16(10-12-17)22(24)25/h1-3,6-7,9-12,18H,4-5,8,13-14H2,(H,20,23)/t18-/m1/s1. The lowest BCUT2D eigenvalue weighted by atomic mass is 10.0. The number of hydrogen-bond acceptors (Lipinski definition) is 6. The van der Waals surface area contributed by atoms with Crippen LogP contribution >= 0.6 is 0 Å². The average Bonchev–Trinajstić information content (AvgIpc) is 2.74. The van der Waals surface area contributed by atoms with E-state index in [4.69, 9.17) is 4.84 Å². The lowest BCUT2D eigenvalue weighted by Gasteiger charge is -2.33. The van der Waals surface area contributed by atoms with E-state index in [0.29, 0.717) is 19.3 Å². The van der Waals surface area contributed by atoms with E-state index in [1.54, 1.807) is 0 Å². The lowest BCUT2D eigenvalue weighted by molar-refractivity contribution is -0.384. The predicted molar refractivity (Wildman–Crippen MR) is 104 cm³/mol. The molecule has 1 atom stereocenters. The van der Waals surface area contributed by atoms with Gasteiger partial charge in [0.1, 0.15) is 6.04 Å². The first-order valence-electron chi connectivity index (χ1n) is 9.11. The Balaban J connectivity index is 1.70. The molecule has 0 aromatic heterocycles. The topological polar surface area (TPSA) is 119 Å². The molecular weight excluding hydrogens is 398 g/mol. The molecule has 1 saturated heterocycles. The summed E-state index contributed by atoms with van der Waals surface area (Å²) in [7, 11) is -3.98. The minimum absolute atomic E-state index is 0.0898. The number of hydrogen-bond donors (Lipinski definition) is 1. The van der Waals surface area contributed by atoms with Gasteiger partial charge in [0.05, 0.1) is 16.4 Å². The second-order valence-electron chi connectivity index (χ2n) is 6.62. The number of nitrogens with one attached hydrogen (secondary N) is 1. The van der Waals surface area contributed by atoms with Crippen LogP contribution in [0, 0.1) is 10.1 Å². The fourth-order valence-electron chi connectivity index (χ4n) is 3.16. The van der Waals surface area contributed by atoms with Crippen LogP contribution in [0.2, 0.25) is 0 Å². The van der Waals surface area contributed by atoms with Gasteiger partial charge in [-0.15, -0.1) is 0 Å². The number of non-ortho nitro benzene ring substituents is 1. The van der Waals surface area contributed by atoms with E-state index < -0.39 is 26.9 Å². The highest BCUT2D eigenvalue weighted by Crippen LogP contribution is 2.26. The van der Waals surface area contributed by atoms with E-state index in [-0.39, 0.29) is 23.7 Å². The van der Waals surface area contributed by atoms with Gasteiger partial charge in [-0.2, -0.15) is 4.31 Å². The smallest absolute Gasteiger partial charge is 0.269 e. The Labute approximate surface area is 168 Å². The Morgan fingerprint density at radius 3 is 2.48 bits per heavy atom. The van der Waals surface area contributed by atoms with Gasteiger partial charge in [-0.3, -0.25) is 19.7 Å². The molecule has 0 bridgehead atoms. The van der Waals surface area contributed by atoms with Crippen LogP contribution in [0.4, 0.5) is 5.69 Å². The van der Waals surface area contributed by atoms with Crippen LogP contribution < -0.4 is 5.48 Å². The van der Waals surface area contributed by atoms with Gasteiger partial charge in [0.2, 0.25) is 10.0 Å². The second-order valence-corrected chi connectivity index (χ2v) is 8.51. The zero-order chi connectivity index (χ0) is 20.9. The molecule has 1 N–H and O–H groups in total. The van der Waals surface area contributed by atoms with E-state index in [2.05, 4.69) is 5.48 Å². The Morgan fingerprint density at radius 2 is 1.83 bits per heavy atom. The first kappa shape index (κ1) is 20.9. The van der Waals surface area contributed by atoms with Crippen molar-refractivity contribution in [2.75, 3.05) is 6.54 Å². The van der Waals surface area contributed by atoms with Crippen molar-refractivity contribution in [3.05, 3.63) is 70.3 Å². The highest BCUT2D eigenvalue weighted by molar-refractivity contribution is 7.89. The molecular formula is C19H21N3O6S. The van der Waals surface area contributed by atoms with Crippen molar-refractivity contribution < 1.29 is 23.0 Å². The zero-order valence-electron chi connectivity index (χ0n) is 15.6. The number of hydroxylamine groups is 1. The third-order valence-electron chi connectivity index (χ3n) is 4.66. The van der Waals surface area contributed by atoms with Gasteiger partial charge >= 0.3 is 0 Å². The highest BCUT2D eigenvalue weighted by atomic mass is 32.2. The molecule has 154 valence electrons. The maximum Gasteiger partial charge on any atom is 0.269 e. The van der Waals surface area contributed by atoms with Crippen molar-refractivity contribution in [1.82, 2.24) is 9.79 Å². The average molecular weight is 419 g/mol. The third-order valence-corrected chi connectivity index (χ3v) is 6.59. The lowest BCUT2D eigenvalue weighted by Crippen LogP contribution is -2.51. The van der Waals surface area contributed by atoms with Gasteiger partial charge in [-0.05, 0) is 30.5 Å². The molecule has 2 aromatic rings. The number of sulfonamides is 1. The molecule has 10 heteroatoms. The number of nitro groups is 1. The van der Waals surface area contributed by atoms with Gasteiger partial charge in [0.25, 0.3) is 11.6 Å². The van der Waals surface area contributed by atoms with E-state index >= 15 is 0 Å². The van der Waals surface area contributed by atoms with E-state index in [1.165, 1.54) is 12.1 Å². The summed E-state index contributed by atoms with van der Waals surface area (Å²) >= 11 is 0. The maximum atomic E-state index is 13.0. The monoisotopic (exact) mass is 419 g/mol. The Bertz CT molecular complexity index is 963. The van der Waals surface area contributed by atoms with Crippen molar-refractivity contribution >= 4 is 21.6 Å². The molecule has 1 heterocycles. The fourth-order valence-corrected chi connectivity index (χ4v) is 4.82. The molecule has 1 aliphatic heterocycles. The van der Waals surface area contributed by atoms with Crippen LogP contribution in [0.15, 0.2) is 59.5 Å². The molecule has 1 amide bonds. The SMILES string of the molecule is O=C(NOCc1ccccc1)[C@H]1CCCCN1S(=O)(=O)c1ccc([N+](=O)[O-])cc1. The summed E-state index contributed by atoms with van der Waals surface area (Å²) in [6.07, 6.45) is 1.71. The number of piperidine rings is 1. The number of amides is 1. The van der Waals surface area contributed by atoms with Gasteiger partial charge in [-0.25, -0.2) is 13.9 Å². The first-order chi connectivity index (χ1) is 13.9. The number of nitrogens with zero attached hydrogens (tertiary/aromatic N) is 2. The van der Waals surface area contributed by atoms with Gasteiger partial charge in [-0.1, -0.05) is 36.8 Å². The summed E-state index contributed by atoms with van der Waals surface area (Å²) in [5.74, 6) is -0.536. The van der Waals surface area contributed by atoms with E-state index in [0.717, 1.165) is 22.0 Å². The molecule has 0 spiro atoms. The Hall–Kier alpha value is -2.82. The van der Waals surface area contributed by atoms with Crippen LogP contribution in [-0.2, 0) is 26.3 Å². The van der Waals surface area contributed by atoms with Crippen molar-refractivity contribution in [1.29, 1.82) is 0 Å². The fraction of sp³-hybridized carbons (Fsp3) is 0.316. The molecule has 1 fully saturated rings. The largest absolute Gasteiger partial charge is 0.271 e. The number of carbonyl (C=O) groups excluding carboxylic acids is 1. The van der Waals surface area contributed by atoms with Crippen LogP contribution in [0.25, 0.3) is 0 Å². The van der Waals surface area contributed by atoms with Crippen molar-refractivity contribution in [2.24, 2.45) is 0 Å². The van der Waals surface area contributed by atoms with Gasteiger partial charge in [0, 0.05) is 18.7 Å². The molecule has 0 radical (unpaired) electrons. The summed E-state index contributed by atoms with van der Waals surface area (Å²) < 4.78 is 27.2. The van der Waals surface area contributed by atoms with Crippen LogP contribution in [0.3, 0.4) is 0 Å². The third kappa shape index (κ3) is 4.97. The van der Waals surface area contributed by atoms with E-state index in [1.807, 2.05) is 30.3 Å². The second kappa shape index (κ2) is 9.12. The first-order valence-corrected chi connectivity index (χ1v) is 10.6. The zero-order valence-corrected chi connectivity index (χ0v) is 16.4. The minimum Gasteiger partial charge on any atom is -0.271 e. The van der Waals surface area contributed by atoms with Crippen molar-refractivity contribution in [3.63, 3.8) is 0 Å². The number of rotatable bonds is 7. The number of carbonyl (C=O) groups is 1. The molecule has 1 aliphatic rings. The molecule has 0 unspecified atom stereocenters. The summed E-state index contributed by atoms with van der Waals surface area (Å²) in [5, 5.41) is 10.8. The molecule has 3 rings (SSSR count). The van der Waals surface area contributed by atoms with Gasteiger partial charge in [0.15, 0.2) is 0 Å². The molecule has 0 saturated carbocycles. The quantitative estimate of drug-likeness (QED) is 0.544. The maximum absolute atomic E-state index is 13.0. The summed E-state index contributed by atoms with van der Waals surface area (Å²) in [5.41, 5.74) is 3.01.